The summed E-state index contributed by atoms with van der Waals surface area (Å²) in [6, 6.07) is 14.7. The number of aliphatic hydroxyl groups is 1. The molecule has 1 atom stereocenters. The van der Waals surface area contributed by atoms with Crippen molar-refractivity contribution in [3.05, 3.63) is 48.0 Å². The molecule has 0 saturated heterocycles. The fourth-order valence-electron chi connectivity index (χ4n) is 2.03. The van der Waals surface area contributed by atoms with Crippen LogP contribution in [0.3, 0.4) is 0 Å². The summed E-state index contributed by atoms with van der Waals surface area (Å²) in [4.78, 5) is 0. The van der Waals surface area contributed by atoms with Gasteiger partial charge in [0, 0.05) is 12.6 Å². The summed E-state index contributed by atoms with van der Waals surface area (Å²) >= 11 is 0. The van der Waals surface area contributed by atoms with E-state index < -0.39 is 5.60 Å². The van der Waals surface area contributed by atoms with E-state index in [0.29, 0.717) is 12.6 Å². The minimum Gasteiger partial charge on any atom is -0.384 e. The number of benzene rings is 2. The first-order valence-electron chi connectivity index (χ1n) is 6.44. The third-order valence-corrected chi connectivity index (χ3v) is 3.23. The van der Waals surface area contributed by atoms with E-state index in [9.17, 15) is 5.11 Å². The SMILES string of the molecule is CC(C)NCC(C)(O)c1ccc2ccccc2c1. The highest BCUT2D eigenvalue weighted by atomic mass is 16.3. The standard InChI is InChI=1S/C16H21NO/c1-12(2)17-11-16(3,18)15-9-8-13-6-4-5-7-14(13)10-15/h4-10,12,17-18H,11H2,1-3H3. The Morgan fingerprint density at radius 1 is 1.11 bits per heavy atom. The number of hydrogen-bond donors (Lipinski definition) is 2. The predicted octanol–water partition coefficient (Wildman–Crippen LogP) is 3.05. The Morgan fingerprint density at radius 2 is 1.78 bits per heavy atom. The van der Waals surface area contributed by atoms with Gasteiger partial charge in [0.2, 0.25) is 0 Å². The van der Waals surface area contributed by atoms with Gasteiger partial charge in [-0.25, -0.2) is 0 Å². The quantitative estimate of drug-likeness (QED) is 0.865. The largest absolute Gasteiger partial charge is 0.384 e. The van der Waals surface area contributed by atoms with Gasteiger partial charge in [0.15, 0.2) is 0 Å². The molecule has 2 rings (SSSR count). The van der Waals surface area contributed by atoms with Crippen molar-refractivity contribution in [2.45, 2.75) is 32.4 Å². The molecule has 0 spiro atoms. The van der Waals surface area contributed by atoms with Gasteiger partial charge in [-0.15, -0.1) is 0 Å². The first-order valence-corrected chi connectivity index (χ1v) is 6.44. The summed E-state index contributed by atoms with van der Waals surface area (Å²) in [5.41, 5.74) is 0.114. The molecule has 0 heterocycles. The molecule has 2 N–H and O–H groups in total. The van der Waals surface area contributed by atoms with Crippen molar-refractivity contribution in [2.75, 3.05) is 6.54 Å². The number of nitrogens with one attached hydrogen (secondary N) is 1. The van der Waals surface area contributed by atoms with Crippen LogP contribution in [-0.4, -0.2) is 17.7 Å². The molecule has 0 fully saturated rings. The van der Waals surface area contributed by atoms with Crippen molar-refractivity contribution in [2.24, 2.45) is 0 Å². The van der Waals surface area contributed by atoms with E-state index in [2.05, 4.69) is 43.4 Å². The molecule has 0 aromatic heterocycles. The topological polar surface area (TPSA) is 32.3 Å². The van der Waals surface area contributed by atoms with Crippen molar-refractivity contribution in [3.63, 3.8) is 0 Å². The average Bonchev–Trinajstić information content (AvgIpc) is 2.36. The Labute approximate surface area is 109 Å². The van der Waals surface area contributed by atoms with Gasteiger partial charge in [-0.05, 0) is 29.3 Å². The van der Waals surface area contributed by atoms with Gasteiger partial charge >= 0.3 is 0 Å². The van der Waals surface area contributed by atoms with Gasteiger partial charge in [-0.1, -0.05) is 50.2 Å². The van der Waals surface area contributed by atoms with Gasteiger partial charge in [-0.3, -0.25) is 0 Å². The lowest BCUT2D eigenvalue weighted by atomic mass is 9.93. The molecule has 0 saturated carbocycles. The van der Waals surface area contributed by atoms with Gasteiger partial charge in [-0.2, -0.15) is 0 Å². The van der Waals surface area contributed by atoms with Crippen LogP contribution in [0.15, 0.2) is 42.5 Å². The Morgan fingerprint density at radius 3 is 2.44 bits per heavy atom. The van der Waals surface area contributed by atoms with Gasteiger partial charge < -0.3 is 10.4 Å². The third kappa shape index (κ3) is 2.89. The molecule has 0 amide bonds. The fraction of sp³-hybridized carbons (Fsp3) is 0.375. The van der Waals surface area contributed by atoms with E-state index >= 15 is 0 Å². The van der Waals surface area contributed by atoms with Crippen molar-refractivity contribution in [3.8, 4) is 0 Å². The number of fused-ring (bicyclic) bond motifs is 1. The van der Waals surface area contributed by atoms with Crippen LogP contribution in [0.25, 0.3) is 10.8 Å². The van der Waals surface area contributed by atoms with Crippen LogP contribution < -0.4 is 5.32 Å². The third-order valence-electron chi connectivity index (χ3n) is 3.23. The minimum absolute atomic E-state index is 0.372. The van der Waals surface area contributed by atoms with E-state index in [1.807, 2.05) is 25.1 Å². The molecule has 2 aromatic rings. The fourth-order valence-corrected chi connectivity index (χ4v) is 2.03. The van der Waals surface area contributed by atoms with E-state index in [0.717, 1.165) is 5.56 Å². The average molecular weight is 243 g/mol. The monoisotopic (exact) mass is 243 g/mol. The second-order valence-electron chi connectivity index (χ2n) is 5.37. The normalized spacial score (nSPS) is 14.9. The number of rotatable bonds is 4. The molecule has 2 aromatic carbocycles. The highest BCUT2D eigenvalue weighted by Crippen LogP contribution is 2.24. The van der Waals surface area contributed by atoms with Crippen LogP contribution in [0.1, 0.15) is 26.3 Å². The van der Waals surface area contributed by atoms with Crippen LogP contribution in [-0.2, 0) is 5.60 Å². The molecule has 0 aliphatic rings. The molecule has 0 bridgehead atoms. The second kappa shape index (κ2) is 5.09. The van der Waals surface area contributed by atoms with E-state index in [-0.39, 0.29) is 0 Å². The zero-order chi connectivity index (χ0) is 13.2. The Kier molecular flexibility index (Phi) is 3.69. The van der Waals surface area contributed by atoms with Crippen LogP contribution >= 0.6 is 0 Å². The Hall–Kier alpha value is -1.38. The summed E-state index contributed by atoms with van der Waals surface area (Å²) in [7, 11) is 0. The van der Waals surface area contributed by atoms with Crippen molar-refractivity contribution in [1.82, 2.24) is 5.32 Å². The first kappa shape index (κ1) is 13.1. The van der Waals surface area contributed by atoms with E-state index in [1.54, 1.807) is 0 Å². The first-order chi connectivity index (χ1) is 8.49. The van der Waals surface area contributed by atoms with Gasteiger partial charge in [0.05, 0.1) is 5.60 Å². The molecule has 0 aliphatic carbocycles. The van der Waals surface area contributed by atoms with E-state index in [4.69, 9.17) is 0 Å². The van der Waals surface area contributed by atoms with Crippen LogP contribution in [0.2, 0.25) is 0 Å². The summed E-state index contributed by atoms with van der Waals surface area (Å²) in [6.07, 6.45) is 0. The minimum atomic E-state index is -0.839. The maximum Gasteiger partial charge on any atom is 0.0992 e. The zero-order valence-corrected chi connectivity index (χ0v) is 11.3. The summed E-state index contributed by atoms with van der Waals surface area (Å²) < 4.78 is 0. The van der Waals surface area contributed by atoms with Crippen molar-refractivity contribution >= 4 is 10.8 Å². The molecule has 18 heavy (non-hydrogen) atoms. The molecular formula is C16H21NO. The Balaban J connectivity index is 2.29. The predicted molar refractivity (Wildman–Crippen MR) is 76.7 cm³/mol. The second-order valence-corrected chi connectivity index (χ2v) is 5.37. The molecule has 1 unspecified atom stereocenters. The van der Waals surface area contributed by atoms with E-state index in [1.165, 1.54) is 10.8 Å². The lowest BCUT2D eigenvalue weighted by Crippen LogP contribution is -2.38. The molecule has 0 radical (unpaired) electrons. The summed E-state index contributed by atoms with van der Waals surface area (Å²) in [5.74, 6) is 0. The highest BCUT2D eigenvalue weighted by Gasteiger charge is 2.23. The molecule has 0 aliphatic heterocycles. The van der Waals surface area contributed by atoms with Gasteiger partial charge in [0.25, 0.3) is 0 Å². The highest BCUT2D eigenvalue weighted by molar-refractivity contribution is 5.83. The smallest absolute Gasteiger partial charge is 0.0992 e. The maximum atomic E-state index is 10.5. The summed E-state index contributed by atoms with van der Waals surface area (Å²) in [5, 5.41) is 16.2. The van der Waals surface area contributed by atoms with Crippen molar-refractivity contribution < 1.29 is 5.11 Å². The van der Waals surface area contributed by atoms with Crippen LogP contribution in [0.4, 0.5) is 0 Å². The summed E-state index contributed by atoms with van der Waals surface area (Å²) in [6.45, 7) is 6.57. The lowest BCUT2D eigenvalue weighted by molar-refractivity contribution is 0.0551. The van der Waals surface area contributed by atoms with Crippen LogP contribution in [0.5, 0.6) is 0 Å². The molecule has 96 valence electrons. The van der Waals surface area contributed by atoms with Gasteiger partial charge in [0.1, 0.15) is 0 Å². The molecular weight excluding hydrogens is 222 g/mol. The molecule has 2 heteroatoms. The van der Waals surface area contributed by atoms with Crippen LogP contribution in [0, 0.1) is 0 Å². The maximum absolute atomic E-state index is 10.5. The number of hydrogen-bond acceptors (Lipinski definition) is 2. The van der Waals surface area contributed by atoms with Crippen molar-refractivity contribution in [1.29, 1.82) is 0 Å². The Bertz CT molecular complexity index is 531. The zero-order valence-electron chi connectivity index (χ0n) is 11.3. The lowest BCUT2D eigenvalue weighted by Gasteiger charge is -2.26. The molecule has 2 nitrogen and oxygen atoms in total.